The van der Waals surface area contributed by atoms with Crippen LogP contribution < -0.4 is 5.32 Å². The van der Waals surface area contributed by atoms with Crippen LogP contribution in [0.15, 0.2) is 4.99 Å². The van der Waals surface area contributed by atoms with Gasteiger partial charge in [-0.1, -0.05) is 11.8 Å². The van der Waals surface area contributed by atoms with Gasteiger partial charge in [0.1, 0.15) is 0 Å². The molecule has 0 aromatic rings. The van der Waals surface area contributed by atoms with Gasteiger partial charge in [-0.15, -0.1) is 0 Å². The molecule has 1 atom stereocenters. The predicted molar refractivity (Wildman–Crippen MR) is 67.5 cm³/mol. The van der Waals surface area contributed by atoms with Crippen LogP contribution in [0, 0.1) is 0 Å². The number of hydrogen-bond acceptors (Lipinski definition) is 3. The van der Waals surface area contributed by atoms with Gasteiger partial charge in [0.15, 0.2) is 5.17 Å². The molecule has 0 aromatic carbocycles. The number of hydrogen-bond donors (Lipinski definition) is 1. The molecular weight excluding hydrogens is 212 g/mol. The Hall–Kier alpha value is 0.170. The molecule has 2 saturated heterocycles. The lowest BCUT2D eigenvalue weighted by molar-refractivity contribution is 0.533. The zero-order valence-corrected chi connectivity index (χ0v) is 10.5. The van der Waals surface area contributed by atoms with Gasteiger partial charge in [-0.25, -0.2) is 0 Å². The second-order valence-corrected chi connectivity index (χ2v) is 6.72. The molecule has 2 aliphatic heterocycles. The molecule has 0 bridgehead atoms. The van der Waals surface area contributed by atoms with Crippen LogP contribution in [0.4, 0.5) is 0 Å². The van der Waals surface area contributed by atoms with Crippen molar-refractivity contribution in [3.63, 3.8) is 0 Å². The molecule has 0 saturated carbocycles. The zero-order valence-electron chi connectivity index (χ0n) is 8.88. The Morgan fingerprint density at radius 3 is 2.93 bits per heavy atom. The van der Waals surface area contributed by atoms with Gasteiger partial charge in [-0.3, -0.25) is 4.99 Å². The Bertz CT molecular complexity index is 232. The topological polar surface area (TPSA) is 24.4 Å². The molecule has 2 nitrogen and oxygen atoms in total. The van der Waals surface area contributed by atoms with Crippen molar-refractivity contribution < 1.29 is 0 Å². The second kappa shape index (κ2) is 4.35. The lowest BCUT2D eigenvalue weighted by atomic mass is 10.1. The molecular formula is C10H18N2S2. The van der Waals surface area contributed by atoms with Crippen LogP contribution in [-0.4, -0.2) is 34.0 Å². The number of nitrogens with one attached hydrogen (secondary N) is 1. The second-order valence-electron chi connectivity index (χ2n) is 4.60. The summed E-state index contributed by atoms with van der Waals surface area (Å²) in [5.41, 5.74) is 0.241. The molecule has 0 radical (unpaired) electrons. The molecule has 0 spiro atoms. The Balaban J connectivity index is 1.91. The largest absolute Gasteiger partial charge is 0.359 e. The molecule has 2 fully saturated rings. The van der Waals surface area contributed by atoms with Crippen LogP contribution in [0.3, 0.4) is 0 Å². The lowest BCUT2D eigenvalue weighted by Crippen LogP contribution is -2.37. The maximum Gasteiger partial charge on any atom is 0.157 e. The maximum atomic E-state index is 4.78. The van der Waals surface area contributed by atoms with Crippen molar-refractivity contribution in [3.8, 4) is 0 Å². The van der Waals surface area contributed by atoms with Gasteiger partial charge in [0.2, 0.25) is 0 Å². The van der Waals surface area contributed by atoms with Gasteiger partial charge in [-0.2, -0.15) is 11.8 Å². The molecule has 80 valence electrons. The van der Waals surface area contributed by atoms with E-state index in [1.807, 2.05) is 23.5 Å². The summed E-state index contributed by atoms with van der Waals surface area (Å²) in [6.07, 6.45) is 2.61. The van der Waals surface area contributed by atoms with E-state index in [9.17, 15) is 0 Å². The van der Waals surface area contributed by atoms with E-state index in [0.717, 1.165) is 5.75 Å². The Kier molecular flexibility index (Phi) is 3.32. The normalized spacial score (nSPS) is 34.4. The Labute approximate surface area is 94.7 Å². The SMILES string of the molecule is CC1(C)CSC(=NC2CCCSC2)N1. The highest BCUT2D eigenvalue weighted by Crippen LogP contribution is 2.25. The monoisotopic (exact) mass is 230 g/mol. The van der Waals surface area contributed by atoms with Crippen molar-refractivity contribution >= 4 is 28.7 Å². The first-order chi connectivity index (χ1) is 6.66. The van der Waals surface area contributed by atoms with Crippen LogP contribution in [0.5, 0.6) is 0 Å². The highest BCUT2D eigenvalue weighted by Gasteiger charge is 2.28. The molecule has 14 heavy (non-hydrogen) atoms. The van der Waals surface area contributed by atoms with Crippen LogP contribution >= 0.6 is 23.5 Å². The fourth-order valence-corrected chi connectivity index (χ4v) is 3.86. The minimum absolute atomic E-state index is 0.241. The number of aliphatic imine (C=N–C) groups is 1. The summed E-state index contributed by atoms with van der Waals surface area (Å²) in [5.74, 6) is 3.69. The van der Waals surface area contributed by atoms with Crippen molar-refractivity contribution in [2.24, 2.45) is 4.99 Å². The molecule has 2 heterocycles. The molecule has 2 aliphatic rings. The van der Waals surface area contributed by atoms with E-state index in [4.69, 9.17) is 4.99 Å². The summed E-state index contributed by atoms with van der Waals surface area (Å²) in [4.78, 5) is 4.78. The van der Waals surface area contributed by atoms with Crippen molar-refractivity contribution in [1.82, 2.24) is 5.32 Å². The fraction of sp³-hybridized carbons (Fsp3) is 0.900. The summed E-state index contributed by atoms with van der Waals surface area (Å²) in [6.45, 7) is 4.47. The molecule has 1 unspecified atom stereocenters. The van der Waals surface area contributed by atoms with Gasteiger partial charge in [0, 0.05) is 17.0 Å². The van der Waals surface area contributed by atoms with Crippen molar-refractivity contribution in [1.29, 1.82) is 0 Å². The molecule has 0 aliphatic carbocycles. The summed E-state index contributed by atoms with van der Waals surface area (Å²) in [7, 11) is 0. The van der Waals surface area contributed by atoms with E-state index in [2.05, 4.69) is 19.2 Å². The first-order valence-electron chi connectivity index (χ1n) is 5.22. The summed E-state index contributed by atoms with van der Waals surface area (Å²) in [6, 6.07) is 0.567. The zero-order chi connectivity index (χ0) is 10.0. The predicted octanol–water partition coefficient (Wildman–Crippen LogP) is 2.35. The third-order valence-electron chi connectivity index (χ3n) is 2.45. The summed E-state index contributed by atoms with van der Waals surface area (Å²) < 4.78 is 0. The van der Waals surface area contributed by atoms with Gasteiger partial charge in [-0.05, 0) is 32.4 Å². The van der Waals surface area contributed by atoms with Gasteiger partial charge in [0.25, 0.3) is 0 Å². The van der Waals surface area contributed by atoms with Crippen molar-refractivity contribution in [2.45, 2.75) is 38.3 Å². The van der Waals surface area contributed by atoms with E-state index in [-0.39, 0.29) is 5.54 Å². The Morgan fingerprint density at radius 1 is 1.50 bits per heavy atom. The third-order valence-corrected chi connectivity index (χ3v) is 5.00. The fourth-order valence-electron chi connectivity index (χ4n) is 1.67. The van der Waals surface area contributed by atoms with Crippen molar-refractivity contribution in [2.75, 3.05) is 17.3 Å². The molecule has 4 heteroatoms. The molecule has 1 N–H and O–H groups in total. The molecule has 0 aromatic heterocycles. The maximum absolute atomic E-state index is 4.78. The minimum atomic E-state index is 0.241. The lowest BCUT2D eigenvalue weighted by Gasteiger charge is -2.19. The minimum Gasteiger partial charge on any atom is -0.359 e. The van der Waals surface area contributed by atoms with Gasteiger partial charge in [0.05, 0.1) is 6.04 Å². The average molecular weight is 230 g/mol. The molecule has 0 amide bonds. The van der Waals surface area contributed by atoms with E-state index in [1.54, 1.807) is 0 Å². The number of nitrogens with zero attached hydrogens (tertiary/aromatic N) is 1. The van der Waals surface area contributed by atoms with E-state index >= 15 is 0 Å². The van der Waals surface area contributed by atoms with Gasteiger partial charge < -0.3 is 5.32 Å². The standard InChI is InChI=1S/C10H18N2S2/c1-10(2)7-14-9(12-10)11-8-4-3-5-13-6-8/h8H,3-7H2,1-2H3,(H,11,12). The first-order valence-corrected chi connectivity index (χ1v) is 7.36. The summed E-state index contributed by atoms with van der Waals surface area (Å²) >= 11 is 3.91. The third kappa shape index (κ3) is 2.83. The highest BCUT2D eigenvalue weighted by atomic mass is 32.2. The number of thioether (sulfide) groups is 2. The van der Waals surface area contributed by atoms with E-state index < -0.39 is 0 Å². The highest BCUT2D eigenvalue weighted by molar-refractivity contribution is 8.14. The van der Waals surface area contributed by atoms with Crippen LogP contribution in [0.2, 0.25) is 0 Å². The van der Waals surface area contributed by atoms with Crippen LogP contribution in [-0.2, 0) is 0 Å². The smallest absolute Gasteiger partial charge is 0.157 e. The first kappa shape index (κ1) is 10.7. The number of amidine groups is 1. The number of rotatable bonds is 1. The Morgan fingerprint density at radius 2 is 2.36 bits per heavy atom. The summed E-state index contributed by atoms with van der Waals surface area (Å²) in [5, 5.41) is 4.65. The van der Waals surface area contributed by atoms with E-state index in [0.29, 0.717) is 6.04 Å². The van der Waals surface area contributed by atoms with Crippen LogP contribution in [0.1, 0.15) is 26.7 Å². The molecule has 2 rings (SSSR count). The quantitative estimate of drug-likeness (QED) is 0.748. The average Bonchev–Trinajstić information content (AvgIpc) is 2.47. The van der Waals surface area contributed by atoms with Crippen LogP contribution in [0.25, 0.3) is 0 Å². The van der Waals surface area contributed by atoms with Gasteiger partial charge >= 0.3 is 0 Å². The van der Waals surface area contributed by atoms with Crippen molar-refractivity contribution in [3.05, 3.63) is 0 Å². The van der Waals surface area contributed by atoms with E-state index in [1.165, 1.54) is 29.5 Å².